The lowest BCUT2D eigenvalue weighted by Gasteiger charge is -2.07. The number of aromatic nitrogens is 3. The highest BCUT2D eigenvalue weighted by Crippen LogP contribution is 2.30. The molecule has 0 saturated heterocycles. The maximum atomic E-state index is 5.79. The van der Waals surface area contributed by atoms with Crippen LogP contribution in [0.15, 0.2) is 52.6 Å². The number of pyridine rings is 1. The highest BCUT2D eigenvalue weighted by Gasteiger charge is 2.09. The molecule has 0 saturated carbocycles. The standard InChI is InChI=1S/C14H14N4S/c1-10-5-6-11(9-15)12(8-10)19-14-17-16-13-4-2-3-7-18(13)14/h2-8H,9,15H2,1H3. The van der Waals surface area contributed by atoms with Crippen molar-refractivity contribution in [3.05, 3.63) is 53.7 Å². The van der Waals surface area contributed by atoms with Crippen molar-refractivity contribution >= 4 is 17.4 Å². The molecule has 0 radical (unpaired) electrons. The van der Waals surface area contributed by atoms with Gasteiger partial charge in [0.1, 0.15) is 0 Å². The summed E-state index contributed by atoms with van der Waals surface area (Å²) in [5.74, 6) is 0. The fraction of sp³-hybridized carbons (Fsp3) is 0.143. The van der Waals surface area contributed by atoms with E-state index in [1.165, 1.54) is 5.56 Å². The fourth-order valence-corrected chi connectivity index (χ4v) is 2.97. The maximum absolute atomic E-state index is 5.79. The molecule has 19 heavy (non-hydrogen) atoms. The predicted molar refractivity (Wildman–Crippen MR) is 76.2 cm³/mol. The van der Waals surface area contributed by atoms with Gasteiger partial charge in [-0.25, -0.2) is 0 Å². The minimum atomic E-state index is 0.527. The topological polar surface area (TPSA) is 56.2 Å². The van der Waals surface area contributed by atoms with E-state index in [0.717, 1.165) is 21.3 Å². The van der Waals surface area contributed by atoms with E-state index in [0.29, 0.717) is 6.54 Å². The number of aryl methyl sites for hydroxylation is 1. The quantitative estimate of drug-likeness (QED) is 0.795. The summed E-state index contributed by atoms with van der Waals surface area (Å²) >= 11 is 1.60. The van der Waals surface area contributed by atoms with Crippen molar-refractivity contribution in [3.63, 3.8) is 0 Å². The normalized spacial score (nSPS) is 11.1. The molecule has 2 aromatic heterocycles. The van der Waals surface area contributed by atoms with Crippen LogP contribution in [0.2, 0.25) is 0 Å². The minimum Gasteiger partial charge on any atom is -0.326 e. The molecule has 0 amide bonds. The van der Waals surface area contributed by atoms with Crippen molar-refractivity contribution in [1.29, 1.82) is 0 Å². The van der Waals surface area contributed by atoms with Gasteiger partial charge in [-0.05, 0) is 48.0 Å². The molecule has 3 aromatic rings. The molecule has 2 N–H and O–H groups in total. The molecule has 96 valence electrons. The predicted octanol–water partition coefficient (Wildman–Crippen LogP) is 2.65. The summed E-state index contributed by atoms with van der Waals surface area (Å²) in [4.78, 5) is 1.14. The third-order valence-corrected chi connectivity index (χ3v) is 3.99. The van der Waals surface area contributed by atoms with Crippen molar-refractivity contribution in [1.82, 2.24) is 14.6 Å². The monoisotopic (exact) mass is 270 g/mol. The van der Waals surface area contributed by atoms with Crippen LogP contribution in [0.4, 0.5) is 0 Å². The molecule has 4 nitrogen and oxygen atoms in total. The Balaban J connectivity index is 2.03. The summed E-state index contributed by atoms with van der Waals surface area (Å²) in [6, 6.07) is 12.2. The van der Waals surface area contributed by atoms with Crippen LogP contribution in [-0.4, -0.2) is 14.6 Å². The molecule has 0 unspecified atom stereocenters. The third kappa shape index (κ3) is 2.34. The second-order valence-electron chi connectivity index (χ2n) is 4.33. The summed E-state index contributed by atoms with van der Waals surface area (Å²) in [6.07, 6.45) is 1.97. The van der Waals surface area contributed by atoms with Crippen molar-refractivity contribution in [3.8, 4) is 0 Å². The Morgan fingerprint density at radius 2 is 2.11 bits per heavy atom. The van der Waals surface area contributed by atoms with E-state index in [2.05, 4.69) is 35.3 Å². The second kappa shape index (κ2) is 5.03. The molecule has 0 fully saturated rings. The van der Waals surface area contributed by atoms with Gasteiger partial charge in [0, 0.05) is 17.6 Å². The zero-order valence-electron chi connectivity index (χ0n) is 10.6. The van der Waals surface area contributed by atoms with E-state index in [4.69, 9.17) is 5.73 Å². The Morgan fingerprint density at radius 3 is 2.95 bits per heavy atom. The van der Waals surface area contributed by atoms with E-state index in [1.54, 1.807) is 11.8 Å². The molecule has 0 spiro atoms. The first kappa shape index (κ1) is 12.2. The highest BCUT2D eigenvalue weighted by molar-refractivity contribution is 7.99. The lowest BCUT2D eigenvalue weighted by Crippen LogP contribution is -1.99. The number of hydrogen-bond acceptors (Lipinski definition) is 4. The molecule has 1 aromatic carbocycles. The van der Waals surface area contributed by atoms with Gasteiger partial charge in [-0.1, -0.05) is 18.2 Å². The number of nitrogens with zero attached hydrogens (tertiary/aromatic N) is 3. The Morgan fingerprint density at radius 1 is 1.21 bits per heavy atom. The average molecular weight is 270 g/mol. The lowest BCUT2D eigenvalue weighted by atomic mass is 10.1. The molecule has 0 aliphatic carbocycles. The van der Waals surface area contributed by atoms with Crippen LogP contribution in [0, 0.1) is 6.92 Å². The Kier molecular flexibility index (Phi) is 3.23. The van der Waals surface area contributed by atoms with Crippen LogP contribution in [0.3, 0.4) is 0 Å². The highest BCUT2D eigenvalue weighted by atomic mass is 32.2. The first-order valence-corrected chi connectivity index (χ1v) is 6.87. The van der Waals surface area contributed by atoms with Crippen molar-refractivity contribution in [2.45, 2.75) is 23.5 Å². The summed E-state index contributed by atoms with van der Waals surface area (Å²) < 4.78 is 1.98. The molecule has 0 bridgehead atoms. The van der Waals surface area contributed by atoms with E-state index < -0.39 is 0 Å². The second-order valence-corrected chi connectivity index (χ2v) is 5.34. The number of rotatable bonds is 3. The third-order valence-electron chi connectivity index (χ3n) is 2.93. The number of fused-ring (bicyclic) bond motifs is 1. The average Bonchev–Trinajstić information content (AvgIpc) is 2.83. The summed E-state index contributed by atoms with van der Waals surface area (Å²) in [5.41, 5.74) is 8.98. The van der Waals surface area contributed by atoms with Crippen LogP contribution < -0.4 is 5.73 Å². The molecule has 0 aliphatic heterocycles. The Labute approximate surface area is 115 Å². The van der Waals surface area contributed by atoms with Gasteiger partial charge in [-0.2, -0.15) is 0 Å². The maximum Gasteiger partial charge on any atom is 0.200 e. The van der Waals surface area contributed by atoms with E-state index >= 15 is 0 Å². The van der Waals surface area contributed by atoms with Crippen LogP contribution >= 0.6 is 11.8 Å². The smallest absolute Gasteiger partial charge is 0.200 e. The van der Waals surface area contributed by atoms with Gasteiger partial charge in [-0.15, -0.1) is 10.2 Å². The van der Waals surface area contributed by atoms with Crippen molar-refractivity contribution in [2.75, 3.05) is 0 Å². The fourth-order valence-electron chi connectivity index (χ4n) is 1.91. The molecule has 2 heterocycles. The number of hydrogen-bond donors (Lipinski definition) is 1. The van der Waals surface area contributed by atoms with Gasteiger partial charge >= 0.3 is 0 Å². The molecular weight excluding hydrogens is 256 g/mol. The zero-order valence-corrected chi connectivity index (χ0v) is 11.4. The van der Waals surface area contributed by atoms with E-state index in [-0.39, 0.29) is 0 Å². The van der Waals surface area contributed by atoms with Crippen LogP contribution in [0.25, 0.3) is 5.65 Å². The van der Waals surface area contributed by atoms with Gasteiger partial charge < -0.3 is 5.73 Å². The molecule has 0 atom stereocenters. The van der Waals surface area contributed by atoms with E-state index in [1.807, 2.05) is 28.8 Å². The zero-order chi connectivity index (χ0) is 13.2. The van der Waals surface area contributed by atoms with Gasteiger partial charge in [0.05, 0.1) is 0 Å². The lowest BCUT2D eigenvalue weighted by molar-refractivity contribution is 0.918. The van der Waals surface area contributed by atoms with Crippen LogP contribution in [0.5, 0.6) is 0 Å². The van der Waals surface area contributed by atoms with Crippen molar-refractivity contribution in [2.24, 2.45) is 5.73 Å². The Hall–Kier alpha value is -1.85. The number of benzene rings is 1. The number of nitrogens with two attached hydrogens (primary N) is 1. The van der Waals surface area contributed by atoms with Crippen molar-refractivity contribution < 1.29 is 0 Å². The summed E-state index contributed by atoms with van der Waals surface area (Å²) in [5, 5.41) is 9.24. The largest absolute Gasteiger partial charge is 0.326 e. The molecular formula is C14H14N4S. The van der Waals surface area contributed by atoms with Crippen LogP contribution in [-0.2, 0) is 6.54 Å². The SMILES string of the molecule is Cc1ccc(CN)c(Sc2nnc3ccccn23)c1. The molecule has 0 aliphatic rings. The van der Waals surface area contributed by atoms with Gasteiger partial charge in [0.15, 0.2) is 10.8 Å². The Bertz CT molecular complexity index is 720. The summed E-state index contributed by atoms with van der Waals surface area (Å²) in [6.45, 7) is 2.60. The summed E-state index contributed by atoms with van der Waals surface area (Å²) in [7, 11) is 0. The van der Waals surface area contributed by atoms with Gasteiger partial charge in [0.25, 0.3) is 0 Å². The van der Waals surface area contributed by atoms with Gasteiger partial charge in [-0.3, -0.25) is 4.40 Å². The van der Waals surface area contributed by atoms with E-state index in [9.17, 15) is 0 Å². The van der Waals surface area contributed by atoms with Crippen LogP contribution in [0.1, 0.15) is 11.1 Å². The molecule has 3 rings (SSSR count). The van der Waals surface area contributed by atoms with Gasteiger partial charge in [0.2, 0.25) is 0 Å². The first-order chi connectivity index (χ1) is 9.28. The molecule has 5 heteroatoms. The first-order valence-electron chi connectivity index (χ1n) is 6.05. The minimum absolute atomic E-state index is 0.527.